The second-order valence-corrected chi connectivity index (χ2v) is 8.32. The summed E-state index contributed by atoms with van der Waals surface area (Å²) in [6, 6.07) is 4.55. The summed E-state index contributed by atoms with van der Waals surface area (Å²) in [6.07, 6.45) is 4.02. The second kappa shape index (κ2) is 6.97. The fourth-order valence-corrected chi connectivity index (χ4v) is 5.24. The standard InChI is InChI=1S/C13H16BrCl2NO2S/c14-7-8-17(10-3-1-2-4-10)20(18,19)11-5-6-12(15)13(16)9-11/h5-6,9-10H,1-4,7-8H2. The van der Waals surface area contributed by atoms with E-state index >= 15 is 0 Å². The van der Waals surface area contributed by atoms with E-state index in [0.717, 1.165) is 25.7 Å². The minimum absolute atomic E-state index is 0.0898. The first-order valence-corrected chi connectivity index (χ1v) is 9.81. The van der Waals surface area contributed by atoms with Crippen molar-refractivity contribution in [3.05, 3.63) is 28.2 Å². The van der Waals surface area contributed by atoms with E-state index in [-0.39, 0.29) is 16.0 Å². The van der Waals surface area contributed by atoms with Gasteiger partial charge in [-0.3, -0.25) is 0 Å². The maximum absolute atomic E-state index is 12.8. The zero-order chi connectivity index (χ0) is 14.8. The van der Waals surface area contributed by atoms with E-state index in [2.05, 4.69) is 15.9 Å². The predicted octanol–water partition coefficient (Wildman–Crippen LogP) is 4.32. The molecular formula is C13H16BrCl2NO2S. The largest absolute Gasteiger partial charge is 0.243 e. The summed E-state index contributed by atoms with van der Waals surface area (Å²) in [5.41, 5.74) is 0. The van der Waals surface area contributed by atoms with E-state index in [0.29, 0.717) is 16.9 Å². The Kier molecular flexibility index (Phi) is 5.77. The van der Waals surface area contributed by atoms with E-state index < -0.39 is 10.0 Å². The predicted molar refractivity (Wildman–Crippen MR) is 86.4 cm³/mol. The third-order valence-electron chi connectivity index (χ3n) is 3.53. The highest BCUT2D eigenvalue weighted by atomic mass is 79.9. The van der Waals surface area contributed by atoms with Crippen LogP contribution in [0, 0.1) is 0 Å². The lowest BCUT2D eigenvalue weighted by Gasteiger charge is -2.27. The molecule has 2 rings (SSSR count). The van der Waals surface area contributed by atoms with Crippen LogP contribution >= 0.6 is 39.1 Å². The van der Waals surface area contributed by atoms with Gasteiger partial charge in [0.15, 0.2) is 0 Å². The third kappa shape index (κ3) is 3.50. The van der Waals surface area contributed by atoms with Crippen LogP contribution in [0.4, 0.5) is 0 Å². The minimum atomic E-state index is -3.53. The molecule has 0 radical (unpaired) electrons. The fraction of sp³-hybridized carbons (Fsp3) is 0.538. The Bertz CT molecular complexity index is 574. The second-order valence-electron chi connectivity index (χ2n) is 4.82. The van der Waals surface area contributed by atoms with Crippen LogP contribution in [0.15, 0.2) is 23.1 Å². The van der Waals surface area contributed by atoms with Crippen molar-refractivity contribution in [1.29, 1.82) is 0 Å². The number of hydrogen-bond acceptors (Lipinski definition) is 2. The zero-order valence-electron chi connectivity index (χ0n) is 10.9. The number of sulfonamides is 1. The van der Waals surface area contributed by atoms with E-state index in [1.807, 2.05) is 0 Å². The van der Waals surface area contributed by atoms with Crippen molar-refractivity contribution in [1.82, 2.24) is 4.31 Å². The molecule has 0 atom stereocenters. The molecule has 1 aromatic rings. The molecule has 1 saturated carbocycles. The van der Waals surface area contributed by atoms with Gasteiger partial charge in [0.1, 0.15) is 0 Å². The average molecular weight is 401 g/mol. The third-order valence-corrected chi connectivity index (χ3v) is 6.58. The van der Waals surface area contributed by atoms with Gasteiger partial charge in [0.25, 0.3) is 0 Å². The summed E-state index contributed by atoms with van der Waals surface area (Å²) in [4.78, 5) is 0.208. The topological polar surface area (TPSA) is 37.4 Å². The molecule has 1 aliphatic rings. The van der Waals surface area contributed by atoms with E-state index in [1.165, 1.54) is 18.2 Å². The van der Waals surface area contributed by atoms with Gasteiger partial charge in [0, 0.05) is 17.9 Å². The number of rotatable bonds is 5. The molecule has 112 valence electrons. The summed E-state index contributed by atoms with van der Waals surface area (Å²) >= 11 is 15.1. The molecule has 0 aromatic heterocycles. The van der Waals surface area contributed by atoms with Crippen LogP contribution < -0.4 is 0 Å². The van der Waals surface area contributed by atoms with Gasteiger partial charge in [-0.15, -0.1) is 0 Å². The van der Waals surface area contributed by atoms with Crippen LogP contribution in [0.3, 0.4) is 0 Å². The minimum Gasteiger partial charge on any atom is -0.207 e. The lowest BCUT2D eigenvalue weighted by molar-refractivity contribution is 0.338. The van der Waals surface area contributed by atoms with Gasteiger partial charge in [-0.25, -0.2) is 8.42 Å². The Morgan fingerprint density at radius 3 is 2.40 bits per heavy atom. The van der Waals surface area contributed by atoms with E-state index in [9.17, 15) is 8.42 Å². The highest BCUT2D eigenvalue weighted by Crippen LogP contribution is 2.31. The molecular weight excluding hydrogens is 385 g/mol. The van der Waals surface area contributed by atoms with Crippen LogP contribution in [-0.4, -0.2) is 30.6 Å². The molecule has 7 heteroatoms. The summed E-state index contributed by atoms with van der Waals surface area (Å²) in [7, 11) is -3.53. The van der Waals surface area contributed by atoms with Crippen molar-refractivity contribution in [2.45, 2.75) is 36.6 Å². The SMILES string of the molecule is O=S(=O)(c1ccc(Cl)c(Cl)c1)N(CCBr)C1CCCC1. The Morgan fingerprint density at radius 2 is 1.85 bits per heavy atom. The van der Waals surface area contributed by atoms with E-state index in [4.69, 9.17) is 23.2 Å². The van der Waals surface area contributed by atoms with Crippen LogP contribution in [0.25, 0.3) is 0 Å². The van der Waals surface area contributed by atoms with Crippen LogP contribution in [0.2, 0.25) is 10.0 Å². The first kappa shape index (κ1) is 16.6. The average Bonchev–Trinajstić information content (AvgIpc) is 2.92. The van der Waals surface area contributed by atoms with Crippen LogP contribution in [-0.2, 0) is 10.0 Å². The van der Waals surface area contributed by atoms with Gasteiger partial charge in [0.05, 0.1) is 14.9 Å². The monoisotopic (exact) mass is 399 g/mol. The number of hydrogen-bond donors (Lipinski definition) is 0. The normalized spacial score (nSPS) is 17.0. The number of alkyl halides is 1. The first-order chi connectivity index (χ1) is 9.46. The van der Waals surface area contributed by atoms with Crippen molar-refractivity contribution in [2.24, 2.45) is 0 Å². The molecule has 0 amide bonds. The molecule has 0 saturated heterocycles. The molecule has 0 unspecified atom stereocenters. The molecule has 0 N–H and O–H groups in total. The van der Waals surface area contributed by atoms with Crippen LogP contribution in [0.5, 0.6) is 0 Å². The summed E-state index contributed by atoms with van der Waals surface area (Å²) < 4.78 is 27.1. The van der Waals surface area contributed by atoms with Gasteiger partial charge in [-0.2, -0.15) is 4.31 Å². The Morgan fingerprint density at radius 1 is 1.20 bits per heavy atom. The molecule has 0 heterocycles. The van der Waals surface area contributed by atoms with Crippen molar-refractivity contribution < 1.29 is 8.42 Å². The Hall–Kier alpha value is 0.190. The van der Waals surface area contributed by atoms with Crippen molar-refractivity contribution in [3.63, 3.8) is 0 Å². The first-order valence-electron chi connectivity index (χ1n) is 6.49. The van der Waals surface area contributed by atoms with Crippen LogP contribution in [0.1, 0.15) is 25.7 Å². The quantitative estimate of drug-likeness (QED) is 0.690. The number of benzene rings is 1. The fourth-order valence-electron chi connectivity index (χ4n) is 2.55. The number of halogens is 3. The molecule has 0 aliphatic heterocycles. The molecule has 1 aromatic carbocycles. The number of nitrogens with zero attached hydrogens (tertiary/aromatic N) is 1. The van der Waals surface area contributed by atoms with E-state index in [1.54, 1.807) is 4.31 Å². The molecule has 0 bridgehead atoms. The highest BCUT2D eigenvalue weighted by Gasteiger charge is 2.32. The van der Waals surface area contributed by atoms with Gasteiger partial charge in [-0.05, 0) is 31.0 Å². The molecule has 0 spiro atoms. The summed E-state index contributed by atoms with van der Waals surface area (Å²) in [5, 5.41) is 1.24. The lowest BCUT2D eigenvalue weighted by Crippen LogP contribution is -2.40. The molecule has 3 nitrogen and oxygen atoms in total. The van der Waals surface area contributed by atoms with Crippen molar-refractivity contribution in [2.75, 3.05) is 11.9 Å². The maximum atomic E-state index is 12.8. The molecule has 1 fully saturated rings. The zero-order valence-corrected chi connectivity index (χ0v) is 14.8. The molecule has 1 aliphatic carbocycles. The molecule has 20 heavy (non-hydrogen) atoms. The smallest absolute Gasteiger partial charge is 0.207 e. The van der Waals surface area contributed by atoms with Gasteiger partial charge < -0.3 is 0 Å². The summed E-state index contributed by atoms with van der Waals surface area (Å²) in [5.74, 6) is 0. The Labute approximate surface area is 138 Å². The van der Waals surface area contributed by atoms with Crippen molar-refractivity contribution >= 4 is 49.2 Å². The Balaban J connectivity index is 2.36. The van der Waals surface area contributed by atoms with Gasteiger partial charge >= 0.3 is 0 Å². The van der Waals surface area contributed by atoms with Gasteiger partial charge in [-0.1, -0.05) is 52.0 Å². The van der Waals surface area contributed by atoms with Crippen molar-refractivity contribution in [3.8, 4) is 0 Å². The summed E-state index contributed by atoms with van der Waals surface area (Å²) in [6.45, 7) is 0.466. The maximum Gasteiger partial charge on any atom is 0.243 e. The lowest BCUT2D eigenvalue weighted by atomic mass is 10.2. The van der Waals surface area contributed by atoms with Gasteiger partial charge in [0.2, 0.25) is 10.0 Å². The highest BCUT2D eigenvalue weighted by molar-refractivity contribution is 9.09.